The van der Waals surface area contributed by atoms with Gasteiger partial charge in [-0.25, -0.2) is 22.8 Å². The Hall–Kier alpha value is -3.12. The Kier molecular flexibility index (Phi) is 7.49. The minimum Gasteiger partial charge on any atom is -0.351 e. The fourth-order valence-corrected chi connectivity index (χ4v) is 9.01. The summed E-state index contributed by atoms with van der Waals surface area (Å²) in [4.78, 5) is 29.7. The molecule has 3 fully saturated rings. The van der Waals surface area contributed by atoms with Gasteiger partial charge < -0.3 is 10.2 Å². The van der Waals surface area contributed by atoms with E-state index in [-0.39, 0.29) is 34.9 Å². The van der Waals surface area contributed by atoms with Gasteiger partial charge in [-0.3, -0.25) is 14.1 Å². The van der Waals surface area contributed by atoms with Gasteiger partial charge in [0.15, 0.2) is 5.65 Å². The van der Waals surface area contributed by atoms with E-state index in [9.17, 15) is 13.2 Å². The van der Waals surface area contributed by atoms with Gasteiger partial charge >= 0.3 is 0 Å². The maximum Gasteiger partial charge on any atom is 0.278 e. The quantitative estimate of drug-likeness (QED) is 0.375. The smallest absolute Gasteiger partial charge is 0.278 e. The highest BCUT2D eigenvalue weighted by molar-refractivity contribution is 7.94. The molecule has 3 saturated carbocycles. The van der Waals surface area contributed by atoms with E-state index in [4.69, 9.17) is 0 Å². The molecule has 3 aliphatic carbocycles. The van der Waals surface area contributed by atoms with Gasteiger partial charge in [-0.05, 0) is 90.9 Å². The zero-order valence-corrected chi connectivity index (χ0v) is 25.5. The first kappa shape index (κ1) is 29.0. The van der Waals surface area contributed by atoms with Crippen LogP contribution in [-0.2, 0) is 10.0 Å². The van der Waals surface area contributed by atoms with Crippen molar-refractivity contribution in [3.05, 3.63) is 40.6 Å². The fraction of sp³-hybridized carbons (Fsp3) is 0.600. The van der Waals surface area contributed by atoms with Crippen LogP contribution in [0.2, 0.25) is 0 Å². The predicted molar refractivity (Wildman–Crippen MR) is 163 cm³/mol. The lowest BCUT2D eigenvalue weighted by atomic mass is 9.91. The average molecular weight is 598 g/mol. The molecule has 0 radical (unpaired) electrons. The van der Waals surface area contributed by atoms with Gasteiger partial charge in [0.25, 0.3) is 5.56 Å². The largest absolute Gasteiger partial charge is 0.351 e. The molecule has 3 aliphatic rings. The lowest BCUT2D eigenvalue weighted by Crippen LogP contribution is -2.36. The van der Waals surface area contributed by atoms with Crippen LogP contribution < -0.4 is 15.6 Å². The highest BCUT2D eigenvalue weighted by atomic mass is 32.2. The molecule has 1 aromatic carbocycles. The molecule has 226 valence electrons. The van der Waals surface area contributed by atoms with Crippen LogP contribution in [0.25, 0.3) is 22.4 Å². The number of fused-ring (bicyclic) bond motifs is 2. The number of rotatable bonds is 8. The lowest BCUT2D eigenvalue weighted by molar-refractivity contribution is 0.221. The van der Waals surface area contributed by atoms with Crippen LogP contribution in [-0.4, -0.2) is 63.8 Å². The van der Waals surface area contributed by atoms with Gasteiger partial charge in [-0.2, -0.15) is 4.98 Å². The van der Waals surface area contributed by atoms with Crippen LogP contribution in [0, 0.1) is 11.7 Å². The Bertz CT molecular complexity index is 1670. The van der Waals surface area contributed by atoms with E-state index >= 15 is 4.39 Å². The number of hydrogen-bond donors (Lipinski definition) is 2. The molecule has 3 aromatic rings. The first-order chi connectivity index (χ1) is 20.0. The van der Waals surface area contributed by atoms with Crippen molar-refractivity contribution in [3.63, 3.8) is 0 Å². The maximum absolute atomic E-state index is 15.3. The van der Waals surface area contributed by atoms with Crippen LogP contribution in [0.1, 0.15) is 77.7 Å². The highest BCUT2D eigenvalue weighted by Crippen LogP contribution is 2.59. The fourth-order valence-electron chi connectivity index (χ4n) is 6.96. The van der Waals surface area contributed by atoms with Gasteiger partial charge in [0.1, 0.15) is 17.0 Å². The van der Waals surface area contributed by atoms with Crippen molar-refractivity contribution < 1.29 is 12.8 Å². The summed E-state index contributed by atoms with van der Waals surface area (Å²) in [6, 6.07) is 4.67. The summed E-state index contributed by atoms with van der Waals surface area (Å²) in [5.74, 6) is -0.145. The molecule has 0 amide bonds. The number of nitrogens with zero attached hydrogens (tertiary/aromatic N) is 5. The third-order valence-corrected chi connectivity index (χ3v) is 11.8. The molecular formula is C30H40FN7O3S. The molecule has 2 heterocycles. The minimum absolute atomic E-state index is 0.0592. The molecule has 6 rings (SSSR count). The molecule has 2 N–H and O–H groups in total. The predicted octanol–water partition coefficient (Wildman–Crippen LogP) is 4.93. The number of aromatic nitrogens is 4. The Morgan fingerprint density at radius 3 is 2.52 bits per heavy atom. The van der Waals surface area contributed by atoms with E-state index in [2.05, 4.69) is 44.0 Å². The molecule has 2 atom stereocenters. The van der Waals surface area contributed by atoms with Crippen LogP contribution in [0.4, 0.5) is 16.0 Å². The van der Waals surface area contributed by atoms with Crippen LogP contribution >= 0.6 is 0 Å². The van der Waals surface area contributed by atoms with Crippen LogP contribution in [0.15, 0.2) is 29.2 Å². The summed E-state index contributed by atoms with van der Waals surface area (Å²) < 4.78 is 45.0. The van der Waals surface area contributed by atoms with Crippen molar-refractivity contribution >= 4 is 32.8 Å². The number of anilines is 2. The van der Waals surface area contributed by atoms with Crippen molar-refractivity contribution in [1.82, 2.24) is 24.4 Å². The van der Waals surface area contributed by atoms with Crippen molar-refractivity contribution in [3.8, 4) is 11.3 Å². The zero-order chi connectivity index (χ0) is 29.8. The topological polar surface area (TPSA) is 122 Å². The Labute approximate surface area is 246 Å². The van der Waals surface area contributed by atoms with E-state index in [0.717, 1.165) is 44.9 Å². The Morgan fingerprint density at radius 1 is 1.10 bits per heavy atom. The molecule has 12 heteroatoms. The second-order valence-corrected chi connectivity index (χ2v) is 14.8. The average Bonchev–Trinajstić information content (AvgIpc) is 3.71. The molecule has 10 nitrogen and oxygen atoms in total. The SMILES string of the molecule is CC(C)n1c(=O)c(-c2ccc(NS(=O)(=O)C34CCCCC3C4)c(F)c2)nc2cnc(NC3CCC(N(C)C)CC3)nc21. The van der Waals surface area contributed by atoms with Crippen LogP contribution in [0.3, 0.4) is 0 Å². The third kappa shape index (κ3) is 5.16. The van der Waals surface area contributed by atoms with Crippen molar-refractivity contribution in [2.75, 3.05) is 24.1 Å². The van der Waals surface area contributed by atoms with Gasteiger partial charge in [0.2, 0.25) is 16.0 Å². The minimum atomic E-state index is -3.73. The monoisotopic (exact) mass is 597 g/mol. The molecule has 2 unspecified atom stereocenters. The molecular weight excluding hydrogens is 557 g/mol. The van der Waals surface area contributed by atoms with Crippen molar-refractivity contribution in [2.24, 2.45) is 5.92 Å². The second kappa shape index (κ2) is 10.9. The standard InChI is InChI=1S/C30H40FN7O3S/c1-18(2)38-27-25(17-32-29(35-27)33-21-9-11-22(12-10-21)37(3)4)34-26(28(38)39)19-8-13-24(23(31)15-19)36-42(40,41)30-14-6-5-7-20(30)16-30/h8,13,15,17-18,20-22,36H,5-7,9-12,14,16H2,1-4H3,(H,32,33,35). The highest BCUT2D eigenvalue weighted by Gasteiger charge is 2.64. The van der Waals surface area contributed by atoms with Crippen molar-refractivity contribution in [1.29, 1.82) is 0 Å². The van der Waals surface area contributed by atoms with E-state index in [0.29, 0.717) is 36.0 Å². The number of benzene rings is 1. The number of sulfonamides is 1. The zero-order valence-electron chi connectivity index (χ0n) is 24.7. The molecule has 0 bridgehead atoms. The molecule has 0 saturated heterocycles. The summed E-state index contributed by atoms with van der Waals surface area (Å²) in [6.07, 6.45) is 9.86. The maximum atomic E-state index is 15.3. The molecule has 0 spiro atoms. The Morgan fingerprint density at radius 2 is 1.86 bits per heavy atom. The first-order valence-electron chi connectivity index (χ1n) is 15.0. The van der Waals surface area contributed by atoms with Gasteiger partial charge in [-0.1, -0.05) is 18.9 Å². The third-order valence-electron chi connectivity index (χ3n) is 9.51. The second-order valence-electron chi connectivity index (χ2n) is 12.8. The molecule has 2 aromatic heterocycles. The van der Waals surface area contributed by atoms with E-state index in [1.807, 2.05) is 13.8 Å². The van der Waals surface area contributed by atoms with E-state index in [1.165, 1.54) is 18.2 Å². The number of halogens is 1. The summed E-state index contributed by atoms with van der Waals surface area (Å²) in [5, 5.41) is 3.44. The molecule has 42 heavy (non-hydrogen) atoms. The number of hydrogen-bond acceptors (Lipinski definition) is 8. The summed E-state index contributed by atoms with van der Waals surface area (Å²) >= 11 is 0. The summed E-state index contributed by atoms with van der Waals surface area (Å²) in [7, 11) is 0.490. The normalized spacial score (nSPS) is 25.9. The van der Waals surface area contributed by atoms with Gasteiger partial charge in [0, 0.05) is 23.7 Å². The van der Waals surface area contributed by atoms with Crippen LogP contribution in [0.5, 0.6) is 0 Å². The van der Waals surface area contributed by atoms with Gasteiger partial charge in [0.05, 0.1) is 16.6 Å². The molecule has 0 aliphatic heterocycles. The van der Waals surface area contributed by atoms with Gasteiger partial charge in [-0.15, -0.1) is 0 Å². The van der Waals surface area contributed by atoms with E-state index in [1.54, 1.807) is 10.8 Å². The van der Waals surface area contributed by atoms with E-state index < -0.39 is 26.1 Å². The summed E-state index contributed by atoms with van der Waals surface area (Å²) in [5.41, 5.74) is 0.632. The number of nitrogens with one attached hydrogen (secondary N) is 2. The summed E-state index contributed by atoms with van der Waals surface area (Å²) in [6.45, 7) is 3.77. The Balaban J connectivity index is 1.27. The first-order valence-corrected chi connectivity index (χ1v) is 16.5. The van der Waals surface area contributed by atoms with Crippen molar-refractivity contribution in [2.45, 2.75) is 94.5 Å². The lowest BCUT2D eigenvalue weighted by Gasteiger charge is -2.32.